The van der Waals surface area contributed by atoms with Crippen LogP contribution in [-0.2, 0) is 0 Å². The zero-order valence-electron chi connectivity index (χ0n) is 31.4. The van der Waals surface area contributed by atoms with E-state index in [0.29, 0.717) is 10.0 Å². The van der Waals surface area contributed by atoms with Crippen LogP contribution in [0, 0.1) is 0 Å². The first kappa shape index (κ1) is 38.7. The van der Waals surface area contributed by atoms with Crippen LogP contribution in [0.2, 0.25) is 10.0 Å². The summed E-state index contributed by atoms with van der Waals surface area (Å²) in [6, 6.07) is 24.0. The molecular weight excluding hydrogens is 699 g/mol. The largest absolute Gasteiger partial charge is 0.497 e. The second-order valence-corrected chi connectivity index (χ2v) is 15.1. The number of halogens is 2. The number of fused-ring (bicyclic) bond motifs is 4. The molecule has 6 nitrogen and oxygen atoms in total. The lowest BCUT2D eigenvalue weighted by molar-refractivity contribution is 0.415. The molecule has 0 radical (unpaired) electrons. The Morgan fingerprint density at radius 3 is 1.13 bits per heavy atom. The maximum atomic E-state index is 6.28. The SMILES string of the molecule is COc1ccc2nc3cc(Cl)ccc3c(NCCCCCCCCCCCCCCCCCNc3c4ccc(Cl)cc4nc4ccc(OC)cc34)c2c1. The molecule has 0 aliphatic carbocycles. The molecule has 0 amide bonds. The number of nitrogens with zero attached hydrogens (tertiary/aromatic N) is 2. The zero-order valence-corrected chi connectivity index (χ0v) is 32.9. The van der Waals surface area contributed by atoms with Gasteiger partial charge in [-0.05, 0) is 85.6 Å². The lowest BCUT2D eigenvalue weighted by Gasteiger charge is -2.14. The summed E-state index contributed by atoms with van der Waals surface area (Å²) in [5.41, 5.74) is 5.95. The topological polar surface area (TPSA) is 68.3 Å². The van der Waals surface area contributed by atoms with Gasteiger partial charge in [0.1, 0.15) is 11.5 Å². The monoisotopic (exact) mass is 752 g/mol. The highest BCUT2D eigenvalue weighted by atomic mass is 35.5. The molecule has 0 saturated heterocycles. The van der Waals surface area contributed by atoms with Gasteiger partial charge in [-0.3, -0.25) is 0 Å². The summed E-state index contributed by atoms with van der Waals surface area (Å²) in [4.78, 5) is 9.69. The van der Waals surface area contributed by atoms with E-state index >= 15 is 0 Å². The standard InChI is InChI=1S/C45H54Cl2N4O2/c1-52-34-20-24-40-38(30-34)44(36-22-18-32(46)28-42(36)50-40)48-26-16-14-12-10-8-6-4-3-5-7-9-11-13-15-17-27-49-45-37-23-19-33(47)29-43(37)51-41-25-21-35(53-2)31-39(41)45/h18-25,28-31H,3-17,26-27H2,1-2H3,(H,48,50)(H,49,51). The molecule has 2 heterocycles. The van der Waals surface area contributed by atoms with E-state index in [0.717, 1.165) is 92.4 Å². The van der Waals surface area contributed by atoms with E-state index in [-0.39, 0.29) is 0 Å². The number of benzene rings is 4. The maximum absolute atomic E-state index is 6.28. The van der Waals surface area contributed by atoms with Crippen molar-refractivity contribution in [3.8, 4) is 11.5 Å². The van der Waals surface area contributed by atoms with Gasteiger partial charge in [0.2, 0.25) is 0 Å². The number of hydrogen-bond donors (Lipinski definition) is 2. The summed E-state index contributed by atoms with van der Waals surface area (Å²) in [6.45, 7) is 1.88. The lowest BCUT2D eigenvalue weighted by Crippen LogP contribution is -2.04. The Balaban J connectivity index is 0.789. The Kier molecular flexibility index (Phi) is 14.5. The highest BCUT2D eigenvalue weighted by molar-refractivity contribution is 6.32. The molecule has 0 bridgehead atoms. The van der Waals surface area contributed by atoms with E-state index in [1.54, 1.807) is 14.2 Å². The number of methoxy groups -OCH3 is 2. The van der Waals surface area contributed by atoms with Crippen molar-refractivity contribution in [3.05, 3.63) is 82.8 Å². The fourth-order valence-corrected chi connectivity index (χ4v) is 7.74. The first-order valence-electron chi connectivity index (χ1n) is 19.7. The smallest absolute Gasteiger partial charge is 0.119 e. The highest BCUT2D eigenvalue weighted by Crippen LogP contribution is 2.36. The minimum absolute atomic E-state index is 0.704. The summed E-state index contributed by atoms with van der Waals surface area (Å²) < 4.78 is 11.0. The summed E-state index contributed by atoms with van der Waals surface area (Å²) in [7, 11) is 3.41. The van der Waals surface area contributed by atoms with Crippen LogP contribution in [0.1, 0.15) is 96.3 Å². The van der Waals surface area contributed by atoms with Crippen molar-refractivity contribution in [1.29, 1.82) is 0 Å². The Morgan fingerprint density at radius 2 is 0.774 bits per heavy atom. The van der Waals surface area contributed by atoms with Gasteiger partial charge in [-0.25, -0.2) is 9.97 Å². The number of nitrogens with one attached hydrogen (secondary N) is 2. The molecule has 0 aliphatic rings. The summed E-state index contributed by atoms with van der Waals surface area (Å²) in [6.07, 6.45) is 19.7. The molecule has 0 aliphatic heterocycles. The molecule has 280 valence electrons. The molecule has 0 fully saturated rings. The molecule has 0 unspecified atom stereocenters. The van der Waals surface area contributed by atoms with Crippen molar-refractivity contribution in [2.75, 3.05) is 37.9 Å². The third kappa shape index (κ3) is 10.6. The van der Waals surface area contributed by atoms with Crippen molar-refractivity contribution >= 4 is 78.2 Å². The van der Waals surface area contributed by atoms with E-state index < -0.39 is 0 Å². The third-order valence-electron chi connectivity index (χ3n) is 10.3. The Bertz CT molecular complexity index is 1950. The Morgan fingerprint density at radius 1 is 0.415 bits per heavy atom. The first-order valence-corrected chi connectivity index (χ1v) is 20.4. The molecule has 0 saturated carbocycles. The fraction of sp³-hybridized carbons (Fsp3) is 0.422. The molecular formula is C45H54Cl2N4O2. The van der Waals surface area contributed by atoms with Gasteiger partial charge >= 0.3 is 0 Å². The third-order valence-corrected chi connectivity index (χ3v) is 10.8. The molecule has 0 spiro atoms. The van der Waals surface area contributed by atoms with Gasteiger partial charge in [0.15, 0.2) is 0 Å². The van der Waals surface area contributed by atoms with Gasteiger partial charge in [-0.1, -0.05) is 107 Å². The van der Waals surface area contributed by atoms with E-state index in [1.165, 1.54) is 83.5 Å². The number of hydrogen-bond acceptors (Lipinski definition) is 6. The average molecular weight is 754 g/mol. The fourth-order valence-electron chi connectivity index (χ4n) is 7.40. The van der Waals surface area contributed by atoms with E-state index in [2.05, 4.69) is 34.9 Å². The van der Waals surface area contributed by atoms with Crippen LogP contribution >= 0.6 is 23.2 Å². The lowest BCUT2D eigenvalue weighted by atomic mass is 10.0. The minimum atomic E-state index is 0.704. The maximum Gasteiger partial charge on any atom is 0.119 e. The molecule has 4 aromatic carbocycles. The van der Waals surface area contributed by atoms with Crippen molar-refractivity contribution in [2.45, 2.75) is 96.3 Å². The van der Waals surface area contributed by atoms with Crippen molar-refractivity contribution in [3.63, 3.8) is 0 Å². The first-order chi connectivity index (χ1) is 26.0. The van der Waals surface area contributed by atoms with Gasteiger partial charge in [-0.2, -0.15) is 0 Å². The van der Waals surface area contributed by atoms with Crippen LogP contribution in [0.25, 0.3) is 43.6 Å². The van der Waals surface area contributed by atoms with Gasteiger partial charge in [0, 0.05) is 44.7 Å². The van der Waals surface area contributed by atoms with Gasteiger partial charge in [-0.15, -0.1) is 0 Å². The number of pyridine rings is 2. The van der Waals surface area contributed by atoms with Gasteiger partial charge in [0.05, 0.1) is 47.7 Å². The van der Waals surface area contributed by atoms with Crippen LogP contribution in [0.4, 0.5) is 11.4 Å². The predicted octanol–water partition coefficient (Wildman–Crippen LogP) is 13.8. The molecule has 2 N–H and O–H groups in total. The summed E-state index contributed by atoms with van der Waals surface area (Å²) in [5, 5.41) is 13.2. The summed E-state index contributed by atoms with van der Waals surface area (Å²) >= 11 is 12.6. The minimum Gasteiger partial charge on any atom is -0.497 e. The second kappa shape index (κ2) is 19.9. The predicted molar refractivity (Wildman–Crippen MR) is 228 cm³/mol. The Hall–Kier alpha value is -4.00. The molecule has 53 heavy (non-hydrogen) atoms. The second-order valence-electron chi connectivity index (χ2n) is 14.2. The van der Waals surface area contributed by atoms with Crippen LogP contribution in [0.15, 0.2) is 72.8 Å². The normalized spacial score (nSPS) is 11.5. The number of aromatic nitrogens is 2. The quantitative estimate of drug-likeness (QED) is 0.0531. The van der Waals surface area contributed by atoms with Gasteiger partial charge in [0.25, 0.3) is 0 Å². The molecule has 6 rings (SSSR count). The van der Waals surface area contributed by atoms with Crippen molar-refractivity contribution in [2.24, 2.45) is 0 Å². The molecule has 6 aromatic rings. The van der Waals surface area contributed by atoms with Gasteiger partial charge < -0.3 is 20.1 Å². The highest BCUT2D eigenvalue weighted by Gasteiger charge is 2.12. The van der Waals surface area contributed by atoms with E-state index in [1.807, 2.05) is 48.5 Å². The van der Waals surface area contributed by atoms with Crippen LogP contribution < -0.4 is 20.1 Å². The number of rotatable bonds is 22. The van der Waals surface area contributed by atoms with Crippen LogP contribution in [0.3, 0.4) is 0 Å². The number of anilines is 2. The van der Waals surface area contributed by atoms with Crippen LogP contribution in [0.5, 0.6) is 11.5 Å². The van der Waals surface area contributed by atoms with E-state index in [9.17, 15) is 0 Å². The molecule has 8 heteroatoms. The zero-order chi connectivity index (χ0) is 36.8. The van der Waals surface area contributed by atoms with Crippen molar-refractivity contribution in [1.82, 2.24) is 9.97 Å². The molecule has 0 atom stereocenters. The number of ether oxygens (including phenoxy) is 2. The molecule has 2 aromatic heterocycles. The van der Waals surface area contributed by atoms with Crippen molar-refractivity contribution < 1.29 is 9.47 Å². The summed E-state index contributed by atoms with van der Waals surface area (Å²) in [5.74, 6) is 1.68. The van der Waals surface area contributed by atoms with Crippen LogP contribution in [-0.4, -0.2) is 37.3 Å². The Labute approximate surface area is 325 Å². The number of unbranched alkanes of at least 4 members (excludes halogenated alkanes) is 14. The van der Waals surface area contributed by atoms with E-state index in [4.69, 9.17) is 42.6 Å². The average Bonchev–Trinajstić information content (AvgIpc) is 3.17.